The molecule has 0 aliphatic heterocycles. The van der Waals surface area contributed by atoms with Gasteiger partial charge in [-0.15, -0.1) is 0 Å². The van der Waals surface area contributed by atoms with Gasteiger partial charge in [0.15, 0.2) is 0 Å². The van der Waals surface area contributed by atoms with Crippen LogP contribution in [0.15, 0.2) is 0 Å². The van der Waals surface area contributed by atoms with Crippen molar-refractivity contribution in [2.45, 2.75) is 47.5 Å². The molecule has 104 valence electrons. The number of rotatable bonds is 9. The Morgan fingerprint density at radius 1 is 0.941 bits per heavy atom. The second-order valence-electron chi connectivity index (χ2n) is 6.72. The van der Waals surface area contributed by atoms with E-state index in [0.29, 0.717) is 5.41 Å². The highest BCUT2D eigenvalue weighted by Gasteiger charge is 2.18. The molecule has 0 aliphatic rings. The van der Waals surface area contributed by atoms with Crippen LogP contribution in [-0.4, -0.2) is 50.1 Å². The Bertz CT molecular complexity index is 187. The van der Waals surface area contributed by atoms with Crippen molar-refractivity contribution in [3.8, 4) is 0 Å². The SMILES string of the molecule is CCN(C)CCC(C)(C)CCN(C)CC(C)C. The molecule has 0 aromatic heterocycles. The van der Waals surface area contributed by atoms with Gasteiger partial charge < -0.3 is 9.80 Å². The average Bonchev–Trinajstić information content (AvgIpc) is 2.22. The molecule has 2 nitrogen and oxygen atoms in total. The maximum Gasteiger partial charge on any atom is 0.000134 e. The molecule has 2 heteroatoms. The number of hydrogen-bond acceptors (Lipinski definition) is 2. The molecule has 0 saturated heterocycles. The molecule has 0 radical (unpaired) electrons. The van der Waals surface area contributed by atoms with E-state index >= 15 is 0 Å². The maximum absolute atomic E-state index is 2.47. The first-order valence-corrected chi connectivity index (χ1v) is 7.14. The third-order valence-corrected chi connectivity index (χ3v) is 3.56. The molecule has 0 heterocycles. The Morgan fingerprint density at radius 3 is 1.82 bits per heavy atom. The largest absolute Gasteiger partial charge is 0.307 e. The molecule has 0 rings (SSSR count). The van der Waals surface area contributed by atoms with Crippen molar-refractivity contribution in [3.63, 3.8) is 0 Å². The zero-order valence-electron chi connectivity index (χ0n) is 13.2. The molecule has 0 amide bonds. The summed E-state index contributed by atoms with van der Waals surface area (Å²) in [5.41, 5.74) is 0.467. The summed E-state index contributed by atoms with van der Waals surface area (Å²) in [7, 11) is 4.45. The Labute approximate surface area is 109 Å². The summed E-state index contributed by atoms with van der Waals surface area (Å²) >= 11 is 0. The van der Waals surface area contributed by atoms with E-state index in [4.69, 9.17) is 0 Å². The molecular formula is C15H34N2. The van der Waals surface area contributed by atoms with Crippen molar-refractivity contribution in [1.82, 2.24) is 9.80 Å². The van der Waals surface area contributed by atoms with Crippen LogP contribution in [0.4, 0.5) is 0 Å². The van der Waals surface area contributed by atoms with Crippen LogP contribution in [-0.2, 0) is 0 Å². The van der Waals surface area contributed by atoms with Gasteiger partial charge in [0.2, 0.25) is 0 Å². The highest BCUT2D eigenvalue weighted by Crippen LogP contribution is 2.25. The molecule has 0 N–H and O–H groups in total. The Kier molecular flexibility index (Phi) is 8.06. The van der Waals surface area contributed by atoms with Crippen molar-refractivity contribution in [3.05, 3.63) is 0 Å². The van der Waals surface area contributed by atoms with E-state index in [1.807, 2.05) is 0 Å². The molecule has 0 spiro atoms. The minimum Gasteiger partial charge on any atom is -0.307 e. The van der Waals surface area contributed by atoms with Crippen molar-refractivity contribution in [1.29, 1.82) is 0 Å². The Morgan fingerprint density at radius 2 is 1.41 bits per heavy atom. The second-order valence-corrected chi connectivity index (χ2v) is 6.72. The van der Waals surface area contributed by atoms with E-state index in [-0.39, 0.29) is 0 Å². The molecule has 0 aromatic carbocycles. The van der Waals surface area contributed by atoms with Crippen LogP contribution < -0.4 is 0 Å². The summed E-state index contributed by atoms with van der Waals surface area (Å²) in [6.45, 7) is 16.4. The van der Waals surface area contributed by atoms with E-state index in [1.165, 1.54) is 32.5 Å². The lowest BCUT2D eigenvalue weighted by atomic mass is 9.85. The zero-order valence-corrected chi connectivity index (χ0v) is 13.2. The van der Waals surface area contributed by atoms with Gasteiger partial charge in [-0.1, -0.05) is 34.6 Å². The fourth-order valence-corrected chi connectivity index (χ4v) is 1.98. The van der Waals surface area contributed by atoms with Crippen LogP contribution in [0.25, 0.3) is 0 Å². The van der Waals surface area contributed by atoms with Crippen molar-refractivity contribution in [2.75, 3.05) is 40.3 Å². The fraction of sp³-hybridized carbons (Fsp3) is 1.00. The average molecular weight is 242 g/mol. The Balaban J connectivity index is 3.84. The lowest BCUT2D eigenvalue weighted by molar-refractivity contribution is 0.200. The molecule has 17 heavy (non-hydrogen) atoms. The van der Waals surface area contributed by atoms with Gasteiger partial charge in [0, 0.05) is 6.54 Å². The van der Waals surface area contributed by atoms with E-state index < -0.39 is 0 Å². The Hall–Kier alpha value is -0.0800. The topological polar surface area (TPSA) is 6.48 Å². The van der Waals surface area contributed by atoms with Gasteiger partial charge in [-0.3, -0.25) is 0 Å². The summed E-state index contributed by atoms with van der Waals surface area (Å²) in [5, 5.41) is 0. The van der Waals surface area contributed by atoms with Gasteiger partial charge in [0.05, 0.1) is 0 Å². The predicted molar refractivity (Wildman–Crippen MR) is 78.5 cm³/mol. The third kappa shape index (κ3) is 9.61. The van der Waals surface area contributed by atoms with E-state index in [0.717, 1.165) is 12.5 Å². The van der Waals surface area contributed by atoms with E-state index in [1.54, 1.807) is 0 Å². The second kappa shape index (κ2) is 8.10. The van der Waals surface area contributed by atoms with Gasteiger partial charge in [-0.05, 0) is 57.9 Å². The van der Waals surface area contributed by atoms with Crippen molar-refractivity contribution in [2.24, 2.45) is 11.3 Å². The number of nitrogens with zero attached hydrogens (tertiary/aromatic N) is 2. The summed E-state index contributed by atoms with van der Waals surface area (Å²) in [5.74, 6) is 0.773. The normalized spacial score (nSPS) is 13.1. The zero-order chi connectivity index (χ0) is 13.5. The maximum atomic E-state index is 2.47. The van der Waals surface area contributed by atoms with Crippen LogP contribution >= 0.6 is 0 Å². The fourth-order valence-electron chi connectivity index (χ4n) is 1.98. The highest BCUT2D eigenvalue weighted by molar-refractivity contribution is 4.72. The molecular weight excluding hydrogens is 208 g/mol. The lowest BCUT2D eigenvalue weighted by Gasteiger charge is -2.30. The van der Waals surface area contributed by atoms with Crippen LogP contribution in [0, 0.1) is 11.3 Å². The summed E-state index contributed by atoms with van der Waals surface area (Å²) in [6, 6.07) is 0. The molecule has 0 unspecified atom stereocenters. The first-order valence-electron chi connectivity index (χ1n) is 7.14. The molecule has 0 fully saturated rings. The van der Waals surface area contributed by atoms with Crippen LogP contribution in [0.1, 0.15) is 47.5 Å². The minimum atomic E-state index is 0.467. The van der Waals surface area contributed by atoms with Gasteiger partial charge in [0.1, 0.15) is 0 Å². The van der Waals surface area contributed by atoms with Crippen LogP contribution in [0.2, 0.25) is 0 Å². The number of hydrogen-bond donors (Lipinski definition) is 0. The minimum absolute atomic E-state index is 0.467. The van der Waals surface area contributed by atoms with Gasteiger partial charge in [-0.25, -0.2) is 0 Å². The monoisotopic (exact) mass is 242 g/mol. The van der Waals surface area contributed by atoms with Gasteiger partial charge in [0.25, 0.3) is 0 Å². The quantitative estimate of drug-likeness (QED) is 0.612. The first kappa shape index (κ1) is 16.9. The summed E-state index contributed by atoms with van der Waals surface area (Å²) < 4.78 is 0. The molecule has 0 aliphatic carbocycles. The van der Waals surface area contributed by atoms with Crippen molar-refractivity contribution >= 4 is 0 Å². The summed E-state index contributed by atoms with van der Waals surface area (Å²) in [4.78, 5) is 4.87. The van der Waals surface area contributed by atoms with Gasteiger partial charge >= 0.3 is 0 Å². The third-order valence-electron chi connectivity index (χ3n) is 3.56. The summed E-state index contributed by atoms with van der Waals surface area (Å²) in [6.07, 6.45) is 2.60. The predicted octanol–water partition coefficient (Wildman–Crippen LogP) is 3.33. The van der Waals surface area contributed by atoms with Gasteiger partial charge in [-0.2, -0.15) is 0 Å². The molecule has 0 aromatic rings. The molecule has 0 atom stereocenters. The lowest BCUT2D eigenvalue weighted by Crippen LogP contribution is -2.30. The molecule has 0 saturated carbocycles. The van der Waals surface area contributed by atoms with Crippen LogP contribution in [0.5, 0.6) is 0 Å². The van der Waals surface area contributed by atoms with E-state index in [9.17, 15) is 0 Å². The molecule has 0 bridgehead atoms. The standard InChI is InChI=1S/C15H34N2/c1-8-16(6)11-9-15(4,5)10-12-17(7)13-14(2)3/h14H,8-13H2,1-7H3. The first-order chi connectivity index (χ1) is 7.76. The van der Waals surface area contributed by atoms with E-state index in [2.05, 4.69) is 58.5 Å². The highest BCUT2D eigenvalue weighted by atomic mass is 15.1. The van der Waals surface area contributed by atoms with Crippen LogP contribution in [0.3, 0.4) is 0 Å². The van der Waals surface area contributed by atoms with Crippen molar-refractivity contribution < 1.29 is 0 Å². The smallest absolute Gasteiger partial charge is 0.000134 e.